The number of ether oxygens (including phenoxy) is 1. The third kappa shape index (κ3) is 4.07. The number of anilines is 2. The number of rotatable bonds is 2. The third-order valence-corrected chi connectivity index (χ3v) is 15.2. The predicted octanol–water partition coefficient (Wildman–Crippen LogP) is 7.99. The van der Waals surface area contributed by atoms with E-state index in [-0.39, 0.29) is 21.7 Å². The molecule has 7 aromatic rings. The van der Waals surface area contributed by atoms with Crippen LogP contribution < -0.4 is 34.9 Å². The minimum atomic E-state index is 0.232. The van der Waals surface area contributed by atoms with Crippen molar-refractivity contribution in [3.8, 4) is 16.9 Å². The van der Waals surface area contributed by atoms with Crippen LogP contribution in [0.3, 0.4) is 0 Å². The molecule has 6 aromatic carbocycles. The molecule has 48 heavy (non-hydrogen) atoms. The fourth-order valence-electron chi connectivity index (χ4n) is 8.21. The van der Waals surface area contributed by atoms with Crippen molar-refractivity contribution in [1.82, 2.24) is 0 Å². The number of benzene rings is 6. The van der Waals surface area contributed by atoms with Gasteiger partial charge in [-0.3, -0.25) is 0 Å². The Morgan fingerprint density at radius 1 is 0.688 bits per heavy atom. The molecule has 0 N–H and O–H groups in total. The van der Waals surface area contributed by atoms with E-state index in [2.05, 4.69) is 126 Å². The second kappa shape index (κ2) is 10.7. The number of thiophene rings is 1. The third-order valence-electron chi connectivity index (χ3n) is 10.4. The molecule has 3 aliphatic heterocycles. The summed E-state index contributed by atoms with van der Waals surface area (Å²) in [4.78, 5) is 5.26. The summed E-state index contributed by atoms with van der Waals surface area (Å²) in [5.41, 5.74) is 10.8. The van der Waals surface area contributed by atoms with Gasteiger partial charge in [0.1, 0.15) is 0 Å². The number of allylic oxidation sites excluding steroid dienone is 2. The van der Waals surface area contributed by atoms with Crippen LogP contribution in [0.4, 0.5) is 11.4 Å². The van der Waals surface area contributed by atoms with Crippen LogP contribution in [0.25, 0.3) is 31.3 Å². The topological polar surface area (TPSA) is 12.5 Å². The van der Waals surface area contributed by atoms with E-state index in [1.807, 2.05) is 23.1 Å². The van der Waals surface area contributed by atoms with Crippen LogP contribution in [0, 0.1) is 0 Å². The first-order valence-electron chi connectivity index (χ1n) is 16.7. The molecule has 0 amide bonds. The molecule has 0 unspecified atom stereocenters. The SMILES string of the molecule is c1ccc2c(c1)OC1=C(CCCC1)N2c1ccc2c(c1)Sc1cccc3c1B2c1cc(-c2cccc4c2sc2ccccc24)ccc1[Se]3. The zero-order chi connectivity index (χ0) is 31.3. The first-order valence-corrected chi connectivity index (χ1v) is 20.1. The molecule has 0 spiro atoms. The molecule has 0 bridgehead atoms. The average molecular weight is 717 g/mol. The van der Waals surface area contributed by atoms with Crippen LogP contribution in [0.5, 0.6) is 5.75 Å². The van der Waals surface area contributed by atoms with E-state index in [9.17, 15) is 0 Å². The Morgan fingerprint density at radius 3 is 2.56 bits per heavy atom. The van der Waals surface area contributed by atoms with Gasteiger partial charge in [0.15, 0.2) is 0 Å². The Hall–Kier alpha value is -4.19. The molecule has 1 aliphatic carbocycles. The Kier molecular flexibility index (Phi) is 6.16. The zero-order valence-electron chi connectivity index (χ0n) is 26.0. The Labute approximate surface area is 294 Å². The van der Waals surface area contributed by atoms with Gasteiger partial charge in [-0.25, -0.2) is 0 Å². The van der Waals surface area contributed by atoms with Gasteiger partial charge >= 0.3 is 296 Å². The summed E-state index contributed by atoms with van der Waals surface area (Å²) in [5.74, 6) is 2.10. The molecule has 1 aromatic heterocycles. The molecule has 0 fully saturated rings. The molecular formula is C42H28BNOS2Se. The van der Waals surface area contributed by atoms with Gasteiger partial charge in [0, 0.05) is 0 Å². The van der Waals surface area contributed by atoms with Gasteiger partial charge in [0.05, 0.1) is 0 Å². The van der Waals surface area contributed by atoms with Crippen LogP contribution in [-0.2, 0) is 0 Å². The average Bonchev–Trinajstić information content (AvgIpc) is 3.52. The zero-order valence-corrected chi connectivity index (χ0v) is 29.4. The quantitative estimate of drug-likeness (QED) is 0.169. The Balaban J connectivity index is 1.08. The van der Waals surface area contributed by atoms with Gasteiger partial charge in [-0.05, 0) is 0 Å². The molecule has 2 nitrogen and oxygen atoms in total. The van der Waals surface area contributed by atoms with E-state index in [0.29, 0.717) is 0 Å². The van der Waals surface area contributed by atoms with Gasteiger partial charge in [-0.1, -0.05) is 0 Å². The summed E-state index contributed by atoms with van der Waals surface area (Å²) in [6, 6.07) is 45.8. The van der Waals surface area contributed by atoms with Crippen molar-refractivity contribution in [2.24, 2.45) is 0 Å². The van der Waals surface area contributed by atoms with E-state index in [4.69, 9.17) is 4.74 Å². The molecule has 11 rings (SSSR count). The summed E-state index contributed by atoms with van der Waals surface area (Å²) in [7, 11) is 0. The second-order valence-corrected chi connectivity index (χ2v) is 17.5. The van der Waals surface area contributed by atoms with Crippen molar-refractivity contribution < 1.29 is 4.74 Å². The second-order valence-electron chi connectivity index (χ2n) is 13.0. The summed E-state index contributed by atoms with van der Waals surface area (Å²) in [6.07, 6.45) is 4.45. The van der Waals surface area contributed by atoms with Gasteiger partial charge in [0.2, 0.25) is 0 Å². The summed E-state index contributed by atoms with van der Waals surface area (Å²) in [6.45, 7) is 0.232. The molecule has 0 radical (unpaired) electrons. The maximum atomic E-state index is 6.47. The van der Waals surface area contributed by atoms with Crippen LogP contribution >= 0.6 is 23.1 Å². The van der Waals surface area contributed by atoms with Gasteiger partial charge < -0.3 is 0 Å². The summed E-state index contributed by atoms with van der Waals surface area (Å²) in [5, 5.41) is 2.71. The Morgan fingerprint density at radius 2 is 1.56 bits per heavy atom. The van der Waals surface area contributed by atoms with Crippen LogP contribution in [0.1, 0.15) is 25.7 Å². The van der Waals surface area contributed by atoms with E-state index in [0.717, 1.165) is 30.0 Å². The monoisotopic (exact) mass is 717 g/mol. The number of hydrogen-bond donors (Lipinski definition) is 0. The van der Waals surface area contributed by atoms with Crippen molar-refractivity contribution in [2.45, 2.75) is 35.5 Å². The van der Waals surface area contributed by atoms with Crippen molar-refractivity contribution in [1.29, 1.82) is 0 Å². The number of para-hydroxylation sites is 2. The van der Waals surface area contributed by atoms with Crippen LogP contribution in [0.15, 0.2) is 143 Å². The van der Waals surface area contributed by atoms with Crippen molar-refractivity contribution in [3.63, 3.8) is 0 Å². The first-order chi connectivity index (χ1) is 23.8. The van der Waals surface area contributed by atoms with E-state index in [1.54, 1.807) is 0 Å². The predicted molar refractivity (Wildman–Crippen MR) is 206 cm³/mol. The molecule has 228 valence electrons. The van der Waals surface area contributed by atoms with Crippen molar-refractivity contribution >= 4 is 102 Å². The van der Waals surface area contributed by atoms with E-state index >= 15 is 0 Å². The summed E-state index contributed by atoms with van der Waals surface area (Å²) >= 11 is 4.15. The molecule has 4 aliphatic rings. The number of hydrogen-bond acceptors (Lipinski definition) is 4. The standard InChI is InChI=1S/C42H28BNOS2Se/c1-6-16-36-28(9-1)29-11-7-10-27(42(29)47-36)25-19-22-39-31(23-25)43-30-21-20-26(24-38(30)46-37-17-8-18-40(48-39)41(37)43)44-32-12-2-4-14-34(32)45-35-15-5-3-13-33(35)44/h1-2,4,6-12,14,16-24H,3,5,13,15H2. The van der Waals surface area contributed by atoms with Crippen molar-refractivity contribution in [2.75, 3.05) is 4.90 Å². The fourth-order valence-corrected chi connectivity index (χ4v) is 13.2. The molecule has 0 saturated heterocycles. The van der Waals surface area contributed by atoms with E-state index in [1.165, 1.54) is 90.6 Å². The first kappa shape index (κ1) is 27.7. The maximum absolute atomic E-state index is 6.47. The number of nitrogens with zero attached hydrogens (tertiary/aromatic N) is 1. The summed E-state index contributed by atoms with van der Waals surface area (Å²) < 4.78 is 12.2. The molecule has 6 heteroatoms. The molecular weight excluding hydrogens is 688 g/mol. The van der Waals surface area contributed by atoms with Crippen LogP contribution in [-0.4, -0.2) is 21.7 Å². The minimum absolute atomic E-state index is 0.232. The number of fused-ring (bicyclic) bond motifs is 8. The van der Waals surface area contributed by atoms with Crippen LogP contribution in [0.2, 0.25) is 0 Å². The molecule has 0 saturated carbocycles. The molecule has 0 atom stereocenters. The van der Waals surface area contributed by atoms with E-state index < -0.39 is 0 Å². The molecule has 4 heterocycles. The fraction of sp³-hybridized carbons (Fsp3) is 0.0952. The van der Waals surface area contributed by atoms with Gasteiger partial charge in [-0.2, -0.15) is 0 Å². The normalized spacial score (nSPS) is 15.8. The van der Waals surface area contributed by atoms with Gasteiger partial charge in [0.25, 0.3) is 0 Å². The Bertz CT molecular complexity index is 2540. The van der Waals surface area contributed by atoms with Crippen molar-refractivity contribution in [3.05, 3.63) is 133 Å². The van der Waals surface area contributed by atoms with Gasteiger partial charge in [-0.15, -0.1) is 0 Å².